The molecule has 1 aromatic carbocycles. The average Bonchev–Trinajstić information content (AvgIpc) is 3.09. The van der Waals surface area contributed by atoms with Crippen molar-refractivity contribution >= 4 is 23.7 Å². The summed E-state index contributed by atoms with van der Waals surface area (Å²) in [7, 11) is 0. The first-order valence-electron chi connectivity index (χ1n) is 9.96. The van der Waals surface area contributed by atoms with Crippen molar-refractivity contribution in [2.24, 2.45) is 28.1 Å². The number of carbonyl (C=O) groups is 3. The van der Waals surface area contributed by atoms with Gasteiger partial charge in [-0.1, -0.05) is 24.3 Å². The molecule has 158 valence electrons. The summed E-state index contributed by atoms with van der Waals surface area (Å²) in [6.07, 6.45) is 4.13. The summed E-state index contributed by atoms with van der Waals surface area (Å²) in [5, 5.41) is 0. The van der Waals surface area contributed by atoms with Crippen LogP contribution in [-0.2, 0) is 25.5 Å². The molecule has 1 aliphatic carbocycles. The minimum absolute atomic E-state index is 0.0222. The fourth-order valence-electron chi connectivity index (χ4n) is 3.37. The van der Waals surface area contributed by atoms with Gasteiger partial charge in [0.15, 0.2) is 5.96 Å². The van der Waals surface area contributed by atoms with Gasteiger partial charge in [-0.15, -0.1) is 0 Å². The second-order valence-corrected chi connectivity index (χ2v) is 7.52. The van der Waals surface area contributed by atoms with E-state index in [0.717, 1.165) is 30.4 Å². The molecule has 2 unspecified atom stereocenters. The van der Waals surface area contributed by atoms with Gasteiger partial charge in [0.05, 0.1) is 5.92 Å². The number of Topliss-reactive ketones (excluding diaryl/α,β-unsaturated/α-hetero) is 1. The van der Waals surface area contributed by atoms with Crippen LogP contribution in [0.25, 0.3) is 0 Å². The van der Waals surface area contributed by atoms with Gasteiger partial charge in [-0.2, -0.15) is 0 Å². The van der Waals surface area contributed by atoms with Gasteiger partial charge in [-0.3, -0.25) is 14.6 Å². The van der Waals surface area contributed by atoms with E-state index < -0.39 is 23.9 Å². The summed E-state index contributed by atoms with van der Waals surface area (Å²) < 4.78 is 4.93. The molecule has 8 nitrogen and oxygen atoms in total. The van der Waals surface area contributed by atoms with Gasteiger partial charge in [-0.25, -0.2) is 4.79 Å². The first-order chi connectivity index (χ1) is 13.8. The number of carbonyl (C=O) groups excluding carboxylic acids is 3. The Hall–Kier alpha value is -2.74. The molecule has 0 radical (unpaired) electrons. The van der Waals surface area contributed by atoms with Crippen LogP contribution in [0, 0.1) is 5.92 Å². The third-order valence-electron chi connectivity index (χ3n) is 5.22. The zero-order chi connectivity index (χ0) is 21.4. The summed E-state index contributed by atoms with van der Waals surface area (Å²) in [5.74, 6) is -1.59. The molecule has 0 spiro atoms. The van der Waals surface area contributed by atoms with Crippen molar-refractivity contribution in [1.29, 1.82) is 0 Å². The fourth-order valence-corrected chi connectivity index (χ4v) is 3.37. The van der Waals surface area contributed by atoms with Crippen molar-refractivity contribution < 1.29 is 19.1 Å². The molecule has 0 aliphatic heterocycles. The first kappa shape index (κ1) is 22.5. The lowest BCUT2D eigenvalue weighted by molar-refractivity contribution is -0.161. The number of esters is 2. The second-order valence-electron chi connectivity index (χ2n) is 7.52. The topological polar surface area (TPSA) is 151 Å². The predicted octanol–water partition coefficient (Wildman–Crippen LogP) is 1.15. The molecule has 6 N–H and O–H groups in total. The van der Waals surface area contributed by atoms with Crippen LogP contribution >= 0.6 is 0 Å². The van der Waals surface area contributed by atoms with Crippen LogP contribution in [0.2, 0.25) is 0 Å². The van der Waals surface area contributed by atoms with E-state index in [1.165, 1.54) is 0 Å². The van der Waals surface area contributed by atoms with E-state index in [-0.39, 0.29) is 11.9 Å². The number of ether oxygens (including phenoxy) is 1. The van der Waals surface area contributed by atoms with Crippen LogP contribution in [0.5, 0.6) is 0 Å². The molecular formula is C21H30N4O4. The van der Waals surface area contributed by atoms with E-state index >= 15 is 0 Å². The van der Waals surface area contributed by atoms with Crippen LogP contribution in [0.1, 0.15) is 56.1 Å². The highest BCUT2D eigenvalue weighted by atomic mass is 16.6. The zero-order valence-corrected chi connectivity index (χ0v) is 16.8. The van der Waals surface area contributed by atoms with E-state index in [2.05, 4.69) is 4.99 Å². The molecular weight excluding hydrogens is 372 g/mol. The Kier molecular flexibility index (Phi) is 8.33. The Morgan fingerprint density at radius 1 is 1.21 bits per heavy atom. The maximum atomic E-state index is 12.3. The molecule has 0 heterocycles. The highest BCUT2D eigenvalue weighted by molar-refractivity contribution is 5.91. The van der Waals surface area contributed by atoms with Crippen molar-refractivity contribution in [1.82, 2.24) is 0 Å². The molecule has 0 aromatic heterocycles. The number of ketones is 1. The lowest BCUT2D eigenvalue weighted by Crippen LogP contribution is -2.35. The van der Waals surface area contributed by atoms with Gasteiger partial charge in [0.2, 0.25) is 0 Å². The molecule has 3 atom stereocenters. The van der Waals surface area contributed by atoms with Crippen molar-refractivity contribution in [3.05, 3.63) is 35.4 Å². The molecule has 0 amide bonds. The maximum absolute atomic E-state index is 12.3. The molecule has 29 heavy (non-hydrogen) atoms. The maximum Gasteiger partial charge on any atom is 0.330 e. The normalized spacial score (nSPS) is 18.1. The number of hydrogen-bond donors (Lipinski definition) is 3. The summed E-state index contributed by atoms with van der Waals surface area (Å²) in [4.78, 5) is 39.9. The smallest absolute Gasteiger partial charge is 0.330 e. The summed E-state index contributed by atoms with van der Waals surface area (Å²) in [5.41, 5.74) is 18.0. The number of benzene rings is 1. The standard InChI is InChI=1S/C21H30N4O4/c1-13(19(27)29-20(28)17(22)5-3-11-25-21(23)24)15-9-7-14(8-10-15)12-16-4-2-6-18(16)26/h7-10,13,16-17H,2-6,11-12,22H2,1H3,(H4,23,24,25)/t13?,16?,17-/m0/s1. The van der Waals surface area contributed by atoms with Gasteiger partial charge < -0.3 is 21.9 Å². The van der Waals surface area contributed by atoms with Gasteiger partial charge in [0, 0.05) is 18.9 Å². The van der Waals surface area contributed by atoms with Gasteiger partial charge in [0.25, 0.3) is 0 Å². The Balaban J connectivity index is 1.83. The molecule has 8 heteroatoms. The van der Waals surface area contributed by atoms with Crippen molar-refractivity contribution in [2.75, 3.05) is 6.54 Å². The lowest BCUT2D eigenvalue weighted by atomic mass is 9.94. The Morgan fingerprint density at radius 3 is 2.48 bits per heavy atom. The van der Waals surface area contributed by atoms with E-state index in [1.807, 2.05) is 24.3 Å². The summed E-state index contributed by atoms with van der Waals surface area (Å²) >= 11 is 0. The number of nitrogens with zero attached hydrogens (tertiary/aromatic N) is 1. The van der Waals surface area contributed by atoms with E-state index in [0.29, 0.717) is 31.6 Å². The number of guanidine groups is 1. The van der Waals surface area contributed by atoms with Crippen LogP contribution in [0.3, 0.4) is 0 Å². The Bertz CT molecular complexity index is 756. The molecule has 1 saturated carbocycles. The number of aliphatic imine (C=N–C) groups is 1. The summed E-state index contributed by atoms with van der Waals surface area (Å²) in [6.45, 7) is 2.03. The highest BCUT2D eigenvalue weighted by Crippen LogP contribution is 2.26. The van der Waals surface area contributed by atoms with E-state index in [1.54, 1.807) is 6.92 Å². The SMILES string of the molecule is CC(C(=O)OC(=O)[C@@H](N)CCCN=C(N)N)c1ccc(CC2CCCC2=O)cc1. The zero-order valence-electron chi connectivity index (χ0n) is 16.8. The van der Waals surface area contributed by atoms with Crippen molar-refractivity contribution in [2.45, 2.75) is 57.4 Å². The highest BCUT2D eigenvalue weighted by Gasteiger charge is 2.25. The summed E-state index contributed by atoms with van der Waals surface area (Å²) in [6, 6.07) is 6.59. The van der Waals surface area contributed by atoms with E-state index in [9.17, 15) is 14.4 Å². The van der Waals surface area contributed by atoms with Crippen LogP contribution in [0.4, 0.5) is 0 Å². The average molecular weight is 402 g/mol. The molecule has 2 rings (SSSR count). The Morgan fingerprint density at radius 2 is 1.90 bits per heavy atom. The van der Waals surface area contributed by atoms with Crippen molar-refractivity contribution in [3.8, 4) is 0 Å². The van der Waals surface area contributed by atoms with Gasteiger partial charge in [-0.05, 0) is 50.2 Å². The largest absolute Gasteiger partial charge is 0.392 e. The van der Waals surface area contributed by atoms with Crippen LogP contribution in [0.15, 0.2) is 29.3 Å². The van der Waals surface area contributed by atoms with Gasteiger partial charge >= 0.3 is 11.9 Å². The molecule has 1 aromatic rings. The fraction of sp³-hybridized carbons (Fsp3) is 0.524. The molecule has 1 fully saturated rings. The Labute approximate surface area is 170 Å². The third kappa shape index (κ3) is 6.98. The van der Waals surface area contributed by atoms with Crippen LogP contribution < -0.4 is 17.2 Å². The first-order valence-corrected chi connectivity index (χ1v) is 9.96. The second kappa shape index (κ2) is 10.7. The molecule has 0 bridgehead atoms. The molecule has 0 saturated heterocycles. The monoisotopic (exact) mass is 402 g/mol. The number of nitrogens with two attached hydrogens (primary N) is 3. The molecule has 1 aliphatic rings. The van der Waals surface area contributed by atoms with Crippen LogP contribution in [-0.4, -0.2) is 36.3 Å². The van der Waals surface area contributed by atoms with E-state index in [4.69, 9.17) is 21.9 Å². The van der Waals surface area contributed by atoms with Crippen molar-refractivity contribution in [3.63, 3.8) is 0 Å². The minimum Gasteiger partial charge on any atom is -0.392 e. The minimum atomic E-state index is -0.910. The lowest BCUT2D eigenvalue weighted by Gasteiger charge is -2.14. The predicted molar refractivity (Wildman–Crippen MR) is 110 cm³/mol. The number of hydrogen-bond acceptors (Lipinski definition) is 6. The quantitative estimate of drug-likeness (QED) is 0.184. The van der Waals surface area contributed by atoms with Gasteiger partial charge in [0.1, 0.15) is 11.8 Å². The third-order valence-corrected chi connectivity index (χ3v) is 5.22. The number of rotatable bonds is 9.